The molecule has 0 aliphatic carbocycles. The topological polar surface area (TPSA) is 52.6 Å². The maximum Gasteiger partial charge on any atom is 0.331 e. The first kappa shape index (κ1) is 25.7. The van der Waals surface area contributed by atoms with Crippen molar-refractivity contribution in [2.24, 2.45) is 0 Å². The lowest BCUT2D eigenvalue weighted by Crippen LogP contribution is -2.06. The highest BCUT2D eigenvalue weighted by atomic mass is 16.5. The number of carbonyl (C=O) groups excluding carboxylic acids is 2. The summed E-state index contributed by atoms with van der Waals surface area (Å²) in [4.78, 5) is 23.1. The minimum absolute atomic E-state index is 0.419. The molecule has 4 nitrogen and oxygen atoms in total. The number of hydrogen-bond acceptors (Lipinski definition) is 4. The molecule has 0 atom stereocenters. The van der Waals surface area contributed by atoms with Crippen molar-refractivity contribution in [2.75, 3.05) is 13.2 Å². The van der Waals surface area contributed by atoms with E-state index < -0.39 is 11.9 Å². The van der Waals surface area contributed by atoms with Gasteiger partial charge >= 0.3 is 11.9 Å². The Morgan fingerprint density at radius 2 is 0.815 bits per heavy atom. The third-order valence-corrected chi connectivity index (χ3v) is 4.59. The van der Waals surface area contributed by atoms with Gasteiger partial charge in [0, 0.05) is 12.2 Å². The van der Waals surface area contributed by atoms with Crippen LogP contribution in [0.15, 0.2) is 12.2 Å². The maximum atomic E-state index is 11.5. The van der Waals surface area contributed by atoms with Crippen LogP contribution in [0.3, 0.4) is 0 Å². The summed E-state index contributed by atoms with van der Waals surface area (Å²) in [7, 11) is 0. The van der Waals surface area contributed by atoms with Crippen LogP contribution < -0.4 is 0 Å². The Balaban J connectivity index is 3.43. The molecule has 0 aliphatic rings. The molecule has 0 N–H and O–H groups in total. The van der Waals surface area contributed by atoms with Crippen molar-refractivity contribution in [1.82, 2.24) is 0 Å². The van der Waals surface area contributed by atoms with Crippen LogP contribution in [0, 0.1) is 0 Å². The predicted octanol–water partition coefficient (Wildman–Crippen LogP) is 6.52. The van der Waals surface area contributed by atoms with Gasteiger partial charge in [0.05, 0.1) is 13.2 Å². The molecular formula is C23H42O4. The summed E-state index contributed by atoms with van der Waals surface area (Å²) < 4.78 is 10.2. The van der Waals surface area contributed by atoms with Gasteiger partial charge in [0.1, 0.15) is 0 Å². The highest BCUT2D eigenvalue weighted by molar-refractivity contribution is 5.91. The molecule has 0 rings (SSSR count). The molecule has 0 aliphatic heterocycles. The maximum absolute atomic E-state index is 11.5. The Morgan fingerprint density at radius 3 is 1.15 bits per heavy atom. The molecule has 0 saturated heterocycles. The zero-order valence-corrected chi connectivity index (χ0v) is 17.8. The molecule has 0 aromatic heterocycles. The minimum atomic E-state index is -0.469. The van der Waals surface area contributed by atoms with Crippen LogP contribution in [-0.4, -0.2) is 25.2 Å². The van der Waals surface area contributed by atoms with Crippen molar-refractivity contribution >= 4 is 11.9 Å². The Kier molecular flexibility index (Phi) is 20.0. The summed E-state index contributed by atoms with van der Waals surface area (Å²) in [6.07, 6.45) is 20.3. The average molecular weight is 383 g/mol. The van der Waals surface area contributed by atoms with Crippen LogP contribution in [0.1, 0.15) is 110 Å². The first-order valence-electron chi connectivity index (χ1n) is 11.2. The average Bonchev–Trinajstić information content (AvgIpc) is 2.67. The summed E-state index contributed by atoms with van der Waals surface area (Å²) in [5.74, 6) is -0.935. The Labute approximate surface area is 167 Å². The molecule has 0 radical (unpaired) electrons. The number of carbonyl (C=O) groups is 2. The van der Waals surface area contributed by atoms with Gasteiger partial charge in [-0.1, -0.05) is 97.3 Å². The lowest BCUT2D eigenvalue weighted by atomic mass is 10.1. The Morgan fingerprint density at radius 1 is 0.519 bits per heavy atom. The number of hydrogen-bond donors (Lipinski definition) is 0. The lowest BCUT2D eigenvalue weighted by molar-refractivity contribution is -0.140. The molecule has 0 aromatic carbocycles. The second-order valence-corrected chi connectivity index (χ2v) is 7.26. The number of unbranched alkanes of at least 4 members (excludes halogenated alkanes) is 13. The van der Waals surface area contributed by atoms with Gasteiger partial charge in [0.25, 0.3) is 0 Å². The summed E-state index contributed by atoms with van der Waals surface area (Å²) in [5.41, 5.74) is 0. The Bertz CT molecular complexity index is 377. The fourth-order valence-corrected chi connectivity index (χ4v) is 2.87. The van der Waals surface area contributed by atoms with E-state index >= 15 is 0 Å². The zero-order valence-electron chi connectivity index (χ0n) is 17.8. The molecule has 0 fully saturated rings. The highest BCUT2D eigenvalue weighted by Crippen LogP contribution is 2.09. The summed E-state index contributed by atoms with van der Waals surface area (Å²) in [6, 6.07) is 0. The van der Waals surface area contributed by atoms with E-state index in [-0.39, 0.29) is 0 Å². The first-order chi connectivity index (χ1) is 13.2. The number of rotatable bonds is 19. The molecule has 4 heteroatoms. The van der Waals surface area contributed by atoms with Crippen molar-refractivity contribution in [3.8, 4) is 0 Å². The molecule has 0 spiro atoms. The van der Waals surface area contributed by atoms with Crippen LogP contribution in [0.5, 0.6) is 0 Å². The predicted molar refractivity (Wildman–Crippen MR) is 112 cm³/mol. The van der Waals surface area contributed by atoms with Crippen molar-refractivity contribution in [3.05, 3.63) is 12.2 Å². The van der Waals surface area contributed by atoms with Crippen LogP contribution in [0.2, 0.25) is 0 Å². The molecule has 0 aromatic rings. The Hall–Kier alpha value is -1.32. The second kappa shape index (κ2) is 21.0. The molecule has 0 amide bonds. The summed E-state index contributed by atoms with van der Waals surface area (Å²) in [6.45, 7) is 5.26. The molecule has 0 saturated carbocycles. The smallest absolute Gasteiger partial charge is 0.331 e. The van der Waals surface area contributed by atoms with Gasteiger partial charge in [0.2, 0.25) is 0 Å². The SMILES string of the molecule is CCCCCCCCCCCOC(=O)/C=C/C(=O)OCCCCCCCC. The number of ether oxygens (including phenoxy) is 2. The van der Waals surface area contributed by atoms with Crippen LogP contribution in [-0.2, 0) is 19.1 Å². The lowest BCUT2D eigenvalue weighted by Gasteiger charge is -2.03. The second-order valence-electron chi connectivity index (χ2n) is 7.26. The van der Waals surface area contributed by atoms with Gasteiger partial charge < -0.3 is 9.47 Å². The van der Waals surface area contributed by atoms with Gasteiger partial charge in [-0.2, -0.15) is 0 Å². The van der Waals surface area contributed by atoms with E-state index in [1.807, 2.05) is 0 Å². The van der Waals surface area contributed by atoms with E-state index in [2.05, 4.69) is 13.8 Å². The van der Waals surface area contributed by atoms with Gasteiger partial charge in [-0.3, -0.25) is 0 Å². The largest absolute Gasteiger partial charge is 0.463 e. The fourth-order valence-electron chi connectivity index (χ4n) is 2.87. The first-order valence-corrected chi connectivity index (χ1v) is 11.2. The summed E-state index contributed by atoms with van der Waals surface area (Å²) >= 11 is 0. The van der Waals surface area contributed by atoms with Crippen molar-refractivity contribution in [1.29, 1.82) is 0 Å². The zero-order chi connectivity index (χ0) is 20.0. The third-order valence-electron chi connectivity index (χ3n) is 4.59. The van der Waals surface area contributed by atoms with E-state index in [9.17, 15) is 9.59 Å². The van der Waals surface area contributed by atoms with Gasteiger partial charge in [0.15, 0.2) is 0 Å². The van der Waals surface area contributed by atoms with Crippen molar-refractivity contribution in [2.45, 2.75) is 110 Å². The standard InChI is InChI=1S/C23H42O4/c1-3-5-7-9-11-12-13-15-17-21-27-23(25)19-18-22(24)26-20-16-14-10-8-6-4-2/h18-19H,3-17,20-21H2,1-2H3/b19-18+. The third kappa shape index (κ3) is 20.8. The normalized spacial score (nSPS) is 11.0. The van der Waals surface area contributed by atoms with Crippen LogP contribution in [0.4, 0.5) is 0 Å². The molecular weight excluding hydrogens is 340 g/mol. The minimum Gasteiger partial charge on any atom is -0.463 e. The van der Waals surface area contributed by atoms with Crippen LogP contribution >= 0.6 is 0 Å². The van der Waals surface area contributed by atoms with Crippen molar-refractivity contribution in [3.63, 3.8) is 0 Å². The van der Waals surface area contributed by atoms with Crippen molar-refractivity contribution < 1.29 is 19.1 Å². The van der Waals surface area contributed by atoms with Gasteiger partial charge in [-0.15, -0.1) is 0 Å². The monoisotopic (exact) mass is 382 g/mol. The fraction of sp³-hybridized carbons (Fsp3) is 0.826. The van der Waals surface area contributed by atoms with E-state index in [0.29, 0.717) is 13.2 Å². The van der Waals surface area contributed by atoms with E-state index in [4.69, 9.17) is 9.47 Å². The van der Waals surface area contributed by atoms with Crippen LogP contribution in [0.25, 0.3) is 0 Å². The summed E-state index contributed by atoms with van der Waals surface area (Å²) in [5, 5.41) is 0. The molecule has 0 heterocycles. The molecule has 0 unspecified atom stereocenters. The van der Waals surface area contributed by atoms with E-state index in [0.717, 1.165) is 37.8 Å². The van der Waals surface area contributed by atoms with E-state index in [1.54, 1.807) is 0 Å². The highest BCUT2D eigenvalue weighted by Gasteiger charge is 2.01. The molecule has 27 heavy (non-hydrogen) atoms. The molecule has 158 valence electrons. The number of esters is 2. The molecule has 0 bridgehead atoms. The quantitative estimate of drug-likeness (QED) is 0.145. The van der Waals surface area contributed by atoms with E-state index in [1.165, 1.54) is 70.6 Å². The van der Waals surface area contributed by atoms with Gasteiger partial charge in [-0.05, 0) is 12.8 Å². The van der Waals surface area contributed by atoms with Gasteiger partial charge in [-0.25, -0.2) is 9.59 Å².